The first-order valence-corrected chi connectivity index (χ1v) is 21.7. The van der Waals surface area contributed by atoms with E-state index in [4.69, 9.17) is 14.2 Å². The lowest BCUT2D eigenvalue weighted by atomic mass is 9.93. The van der Waals surface area contributed by atoms with Gasteiger partial charge in [0.1, 0.15) is 47.9 Å². The SMILES string of the molecule is CCCCCCCCCCCNc1c(N[C@H]2C(CO)OCC(NC(=O)Nc3cccc(C(F)(F)F)c3)[C@H]2O[C@@H]2OC(CO)[C@H](O)[C@H](O)C2NC(=O)Nc2cccc(C(F)(F)F)c2)c(=O)c1=O. The van der Waals surface area contributed by atoms with E-state index in [1.54, 1.807) is 0 Å². The third-order valence-electron chi connectivity index (χ3n) is 11.3. The lowest BCUT2D eigenvalue weighted by Crippen LogP contribution is -2.69. The number of nitrogens with one attached hydrogen (secondary N) is 6. The van der Waals surface area contributed by atoms with E-state index in [1.165, 1.54) is 18.9 Å². The Morgan fingerprint density at radius 2 is 1.24 bits per heavy atom. The first kappa shape index (κ1) is 51.9. The van der Waals surface area contributed by atoms with E-state index in [-0.39, 0.29) is 22.7 Å². The van der Waals surface area contributed by atoms with Crippen LogP contribution in [0.5, 0.6) is 0 Å². The number of halogens is 6. The molecule has 2 fully saturated rings. The van der Waals surface area contributed by atoms with Crippen molar-refractivity contribution in [3.05, 3.63) is 80.1 Å². The molecule has 17 nitrogen and oxygen atoms in total. The minimum atomic E-state index is -4.77. The van der Waals surface area contributed by atoms with Crippen molar-refractivity contribution in [1.29, 1.82) is 0 Å². The Morgan fingerprint density at radius 1 is 0.712 bits per heavy atom. The summed E-state index contributed by atoms with van der Waals surface area (Å²) in [6, 6.07) is 0.327. The number of ether oxygens (including phenoxy) is 3. The van der Waals surface area contributed by atoms with Gasteiger partial charge in [-0.2, -0.15) is 26.3 Å². The van der Waals surface area contributed by atoms with Crippen LogP contribution >= 0.6 is 0 Å². The van der Waals surface area contributed by atoms with Crippen LogP contribution in [0.25, 0.3) is 0 Å². The van der Waals surface area contributed by atoms with Crippen LogP contribution in [0, 0.1) is 0 Å². The Morgan fingerprint density at radius 3 is 1.79 bits per heavy atom. The topological polar surface area (TPSA) is 249 Å². The lowest BCUT2D eigenvalue weighted by Gasteiger charge is -2.48. The van der Waals surface area contributed by atoms with Gasteiger partial charge in [-0.15, -0.1) is 0 Å². The molecule has 9 atom stereocenters. The van der Waals surface area contributed by atoms with Gasteiger partial charge in [0.05, 0.1) is 43.0 Å². The third-order valence-corrected chi connectivity index (χ3v) is 11.3. The van der Waals surface area contributed by atoms with E-state index < -0.39 is 121 Å². The Kier molecular flexibility index (Phi) is 18.6. The number of amides is 4. The van der Waals surface area contributed by atoms with Gasteiger partial charge >= 0.3 is 24.4 Å². The molecule has 5 rings (SSSR count). The van der Waals surface area contributed by atoms with Gasteiger partial charge in [-0.1, -0.05) is 70.4 Å². The summed E-state index contributed by atoms with van der Waals surface area (Å²) in [6.07, 6.45) is -10.5. The average molecular weight is 947 g/mol. The van der Waals surface area contributed by atoms with Gasteiger partial charge in [0.25, 0.3) is 10.9 Å². The molecule has 4 unspecified atom stereocenters. The predicted octanol–water partition coefficient (Wildman–Crippen LogP) is 4.64. The van der Waals surface area contributed by atoms with Crippen LogP contribution in [-0.4, -0.2) is 114 Å². The quantitative estimate of drug-likeness (QED) is 0.0398. The number of alkyl halides is 6. The molecule has 2 heterocycles. The number of anilines is 4. The van der Waals surface area contributed by atoms with Crippen molar-refractivity contribution < 1.29 is 70.6 Å². The van der Waals surface area contributed by atoms with Gasteiger partial charge in [0, 0.05) is 17.9 Å². The molecule has 0 radical (unpaired) electrons. The number of urea groups is 2. The Labute approximate surface area is 375 Å². The van der Waals surface area contributed by atoms with Gasteiger partial charge < -0.3 is 66.5 Å². The minimum Gasteiger partial charge on any atom is -0.394 e. The fraction of sp³-hybridized carbons (Fsp3) is 0.581. The molecule has 0 bridgehead atoms. The second kappa shape index (κ2) is 23.6. The maximum atomic E-state index is 13.5. The molecular formula is C43H56F6N6O11. The molecule has 2 aliphatic rings. The highest BCUT2D eigenvalue weighted by Gasteiger charge is 2.51. The van der Waals surface area contributed by atoms with Crippen molar-refractivity contribution in [3.63, 3.8) is 0 Å². The molecule has 0 aliphatic carbocycles. The number of carbonyl (C=O) groups excluding carboxylic acids is 2. The maximum Gasteiger partial charge on any atom is 0.416 e. The summed E-state index contributed by atoms with van der Waals surface area (Å²) >= 11 is 0. The Bertz CT molecular complexity index is 2120. The fourth-order valence-corrected chi connectivity index (χ4v) is 7.75. The van der Waals surface area contributed by atoms with Crippen molar-refractivity contribution in [2.45, 2.75) is 132 Å². The lowest BCUT2D eigenvalue weighted by molar-refractivity contribution is -0.291. The van der Waals surface area contributed by atoms with Crippen LogP contribution in [-0.2, 0) is 26.6 Å². The van der Waals surface area contributed by atoms with Crippen molar-refractivity contribution >= 4 is 34.8 Å². The minimum absolute atomic E-state index is 0.0917. The predicted molar refractivity (Wildman–Crippen MR) is 229 cm³/mol. The summed E-state index contributed by atoms with van der Waals surface area (Å²) in [5.74, 6) is 0. The van der Waals surface area contributed by atoms with Crippen molar-refractivity contribution in [1.82, 2.24) is 10.6 Å². The second-order valence-electron chi connectivity index (χ2n) is 16.2. The van der Waals surface area contributed by atoms with Gasteiger partial charge in [0.15, 0.2) is 6.29 Å². The van der Waals surface area contributed by atoms with Gasteiger partial charge in [-0.05, 0) is 42.8 Å². The van der Waals surface area contributed by atoms with Crippen LogP contribution in [0.3, 0.4) is 0 Å². The molecule has 3 aromatic carbocycles. The fourth-order valence-electron chi connectivity index (χ4n) is 7.75. The molecular weight excluding hydrogens is 890 g/mol. The molecule has 0 saturated carbocycles. The number of rotatable bonds is 21. The van der Waals surface area contributed by atoms with Crippen LogP contribution in [0.4, 0.5) is 58.7 Å². The van der Waals surface area contributed by atoms with Crippen LogP contribution in [0.15, 0.2) is 58.1 Å². The number of unbranched alkanes of at least 4 members (excludes halogenated alkanes) is 8. The summed E-state index contributed by atoms with van der Waals surface area (Å²) < 4.78 is 98.6. The largest absolute Gasteiger partial charge is 0.416 e. The highest BCUT2D eigenvalue weighted by Crippen LogP contribution is 2.33. The molecule has 366 valence electrons. The van der Waals surface area contributed by atoms with E-state index in [2.05, 4.69) is 38.8 Å². The first-order valence-electron chi connectivity index (χ1n) is 21.7. The summed E-state index contributed by atoms with van der Waals surface area (Å²) in [4.78, 5) is 52.7. The smallest absolute Gasteiger partial charge is 0.394 e. The van der Waals surface area contributed by atoms with Gasteiger partial charge in [0.2, 0.25) is 0 Å². The second-order valence-corrected chi connectivity index (χ2v) is 16.2. The van der Waals surface area contributed by atoms with E-state index in [0.29, 0.717) is 25.1 Å². The highest BCUT2D eigenvalue weighted by atomic mass is 19.4. The van der Waals surface area contributed by atoms with Crippen LogP contribution in [0.1, 0.15) is 75.8 Å². The van der Waals surface area contributed by atoms with E-state index >= 15 is 0 Å². The normalized spacial score (nSPS) is 24.7. The number of aliphatic hydroxyl groups is 4. The van der Waals surface area contributed by atoms with Crippen molar-refractivity contribution in [3.8, 4) is 0 Å². The number of benzene rings is 2. The van der Waals surface area contributed by atoms with Gasteiger partial charge in [-0.3, -0.25) is 9.59 Å². The van der Waals surface area contributed by atoms with Crippen molar-refractivity contribution in [2.24, 2.45) is 0 Å². The summed E-state index contributed by atoms with van der Waals surface area (Å²) in [5, 5.41) is 57.7. The third kappa shape index (κ3) is 13.8. The summed E-state index contributed by atoms with van der Waals surface area (Å²) in [6.45, 7) is 0.271. The molecule has 3 aromatic rings. The zero-order valence-corrected chi connectivity index (χ0v) is 35.9. The molecule has 0 spiro atoms. The van der Waals surface area contributed by atoms with Crippen molar-refractivity contribution in [2.75, 3.05) is 47.6 Å². The number of hydrogen-bond donors (Lipinski definition) is 10. The zero-order chi connectivity index (χ0) is 48.2. The van der Waals surface area contributed by atoms with E-state index in [1.807, 2.05) is 0 Å². The van der Waals surface area contributed by atoms with Crippen LogP contribution in [0.2, 0.25) is 0 Å². The van der Waals surface area contributed by atoms with Crippen LogP contribution < -0.4 is 42.8 Å². The molecule has 4 amide bonds. The first-order chi connectivity index (χ1) is 31.4. The molecule has 23 heteroatoms. The monoisotopic (exact) mass is 946 g/mol. The van der Waals surface area contributed by atoms with E-state index in [0.717, 1.165) is 68.9 Å². The van der Waals surface area contributed by atoms with Gasteiger partial charge in [-0.25, -0.2) is 9.59 Å². The number of aliphatic hydroxyl groups excluding tert-OH is 4. The molecule has 10 N–H and O–H groups in total. The molecule has 0 aromatic heterocycles. The molecule has 2 saturated heterocycles. The Balaban J connectivity index is 1.41. The average Bonchev–Trinajstić information content (AvgIpc) is 3.27. The zero-order valence-electron chi connectivity index (χ0n) is 35.9. The molecule has 66 heavy (non-hydrogen) atoms. The highest BCUT2D eigenvalue weighted by molar-refractivity contribution is 5.90. The number of carbonyl (C=O) groups is 2. The standard InChI is InChI=1S/C43H56F6N6O11/c1-2-3-4-5-6-7-8-9-10-17-50-31-32(36(60)35(31)59)54-30-28(20-56)64-22-27(53-40(62)51-25-15-11-13-23(18-25)42(44,45)46)38(30)66-39-33(37(61)34(58)29(21-57)65-39)55-41(63)52-26-16-12-14-24(19-26)43(47,48)49/h11-16,18-19,27-30,33-34,37-39,50,54,56-58,61H,2-10,17,20-22H2,1H3,(H2,51,53,62)(H2,52,55,63)/t27?,28?,29?,30-,33?,34-,37+,38+,39-/m0/s1. The maximum absolute atomic E-state index is 13.5. The van der Waals surface area contributed by atoms with E-state index in [9.17, 15) is 65.9 Å². The Hall–Kier alpha value is -5.04. The summed E-state index contributed by atoms with van der Waals surface area (Å²) in [7, 11) is 0. The summed E-state index contributed by atoms with van der Waals surface area (Å²) in [5.41, 5.74) is -4.92. The molecule has 2 aliphatic heterocycles. The number of hydrogen-bond acceptors (Lipinski definition) is 13.